The summed E-state index contributed by atoms with van der Waals surface area (Å²) in [7, 11) is 3.83. The summed E-state index contributed by atoms with van der Waals surface area (Å²) in [5.74, 6) is 1.36. The largest absolute Gasteiger partial charge is 0.494 e. The number of hydrogen-bond donors (Lipinski definition) is 1. The van der Waals surface area contributed by atoms with Crippen molar-refractivity contribution in [2.24, 2.45) is 4.99 Å². The highest BCUT2D eigenvalue weighted by molar-refractivity contribution is 14.0. The molecule has 1 aromatic carbocycles. The third-order valence-electron chi connectivity index (χ3n) is 3.11. The molecule has 0 saturated heterocycles. The van der Waals surface area contributed by atoms with Crippen LogP contribution in [-0.4, -0.2) is 44.7 Å². The molecule has 0 atom stereocenters. The number of nitrogens with one attached hydrogen (secondary N) is 1. The molecule has 1 rings (SSSR count). The summed E-state index contributed by atoms with van der Waals surface area (Å²) in [6.45, 7) is 4.57. The monoisotopic (exact) mass is 423 g/mol. The first-order chi connectivity index (χ1) is 10.2. The molecule has 0 aromatic heterocycles. The minimum Gasteiger partial charge on any atom is -0.494 e. The van der Waals surface area contributed by atoms with Crippen molar-refractivity contribution < 1.29 is 9.13 Å². The van der Waals surface area contributed by atoms with Crippen LogP contribution >= 0.6 is 24.0 Å². The number of guanidine groups is 1. The normalized spacial score (nSPS) is 10.8. The van der Waals surface area contributed by atoms with E-state index in [4.69, 9.17) is 4.74 Å². The Morgan fingerprint density at radius 3 is 2.55 bits per heavy atom. The van der Waals surface area contributed by atoms with Gasteiger partial charge in [0.15, 0.2) is 5.96 Å². The summed E-state index contributed by atoms with van der Waals surface area (Å²) in [6, 6.07) is 6.08. The lowest BCUT2D eigenvalue weighted by molar-refractivity contribution is 0.310. The van der Waals surface area contributed by atoms with Crippen LogP contribution in [0.15, 0.2) is 29.3 Å². The van der Waals surface area contributed by atoms with Crippen molar-refractivity contribution >= 4 is 29.9 Å². The molecule has 22 heavy (non-hydrogen) atoms. The Kier molecular flexibility index (Phi) is 11.9. The van der Waals surface area contributed by atoms with E-state index in [1.807, 2.05) is 7.05 Å². The highest BCUT2D eigenvalue weighted by Crippen LogP contribution is 2.10. The Labute approximate surface area is 150 Å². The average Bonchev–Trinajstić information content (AvgIpc) is 2.50. The van der Waals surface area contributed by atoms with Crippen molar-refractivity contribution in [1.82, 2.24) is 10.2 Å². The standard InChI is InChI=1S/C16H26FN3O.HI/c1-4-5-12-20(3)16(18-2)19-11-6-13-21-15-9-7-14(17)8-10-15;/h7-10H,4-6,11-13H2,1-3H3,(H,18,19);1H. The fourth-order valence-electron chi connectivity index (χ4n) is 1.88. The summed E-state index contributed by atoms with van der Waals surface area (Å²) >= 11 is 0. The first-order valence-corrected chi connectivity index (χ1v) is 7.47. The topological polar surface area (TPSA) is 36.9 Å². The number of benzene rings is 1. The lowest BCUT2D eigenvalue weighted by atomic mass is 10.3. The minimum atomic E-state index is -0.247. The van der Waals surface area contributed by atoms with Crippen molar-refractivity contribution in [2.75, 3.05) is 33.8 Å². The molecule has 126 valence electrons. The lowest BCUT2D eigenvalue weighted by Crippen LogP contribution is -2.40. The van der Waals surface area contributed by atoms with Gasteiger partial charge in [-0.05, 0) is 37.1 Å². The first-order valence-electron chi connectivity index (χ1n) is 7.47. The number of nitrogens with zero attached hydrogens (tertiary/aromatic N) is 2. The Balaban J connectivity index is 0.00000441. The molecule has 0 heterocycles. The summed E-state index contributed by atoms with van der Waals surface area (Å²) < 4.78 is 18.3. The molecule has 0 aliphatic rings. The van der Waals surface area contributed by atoms with Gasteiger partial charge in [-0.1, -0.05) is 13.3 Å². The van der Waals surface area contributed by atoms with Crippen LogP contribution in [0, 0.1) is 5.82 Å². The van der Waals surface area contributed by atoms with Crippen molar-refractivity contribution in [1.29, 1.82) is 0 Å². The predicted octanol–water partition coefficient (Wildman–Crippen LogP) is 3.52. The SMILES string of the molecule is CCCCN(C)C(=NC)NCCCOc1ccc(F)cc1.I. The number of halogens is 2. The maximum Gasteiger partial charge on any atom is 0.193 e. The van der Waals surface area contributed by atoms with Crippen LogP contribution in [0.2, 0.25) is 0 Å². The highest BCUT2D eigenvalue weighted by atomic mass is 127. The Hall–Kier alpha value is -1.05. The van der Waals surface area contributed by atoms with E-state index in [9.17, 15) is 4.39 Å². The number of aliphatic imine (C=N–C) groups is 1. The molecule has 0 aliphatic heterocycles. The van der Waals surface area contributed by atoms with E-state index >= 15 is 0 Å². The first kappa shape index (κ1) is 20.9. The molecule has 4 nitrogen and oxygen atoms in total. The quantitative estimate of drug-likeness (QED) is 0.301. The zero-order valence-corrected chi connectivity index (χ0v) is 16.0. The molecule has 0 radical (unpaired) electrons. The van der Waals surface area contributed by atoms with Crippen molar-refractivity contribution in [3.63, 3.8) is 0 Å². The highest BCUT2D eigenvalue weighted by Gasteiger charge is 2.04. The number of hydrogen-bond acceptors (Lipinski definition) is 2. The Morgan fingerprint density at radius 2 is 1.95 bits per heavy atom. The fraction of sp³-hybridized carbons (Fsp3) is 0.562. The van der Waals surface area contributed by atoms with Crippen molar-refractivity contribution in [3.8, 4) is 5.75 Å². The molecule has 0 unspecified atom stereocenters. The van der Waals surface area contributed by atoms with E-state index in [2.05, 4.69) is 22.1 Å². The molecular formula is C16H27FIN3O. The summed E-state index contributed by atoms with van der Waals surface area (Å²) in [5, 5.41) is 3.31. The molecule has 0 saturated carbocycles. The molecule has 6 heteroatoms. The van der Waals surface area contributed by atoms with Gasteiger partial charge >= 0.3 is 0 Å². The van der Waals surface area contributed by atoms with Gasteiger partial charge in [0.05, 0.1) is 6.61 Å². The van der Waals surface area contributed by atoms with E-state index in [-0.39, 0.29) is 29.8 Å². The van der Waals surface area contributed by atoms with Gasteiger partial charge in [0.2, 0.25) is 0 Å². The molecule has 0 aliphatic carbocycles. The fourth-order valence-corrected chi connectivity index (χ4v) is 1.88. The third kappa shape index (κ3) is 8.41. The Bertz CT molecular complexity index is 426. The number of rotatable bonds is 8. The van der Waals surface area contributed by atoms with Crippen molar-refractivity contribution in [3.05, 3.63) is 30.1 Å². The van der Waals surface area contributed by atoms with Gasteiger partial charge in [-0.3, -0.25) is 4.99 Å². The zero-order valence-electron chi connectivity index (χ0n) is 13.6. The molecule has 0 amide bonds. The third-order valence-corrected chi connectivity index (χ3v) is 3.11. The van der Waals surface area contributed by atoms with Gasteiger partial charge < -0.3 is 15.0 Å². The molecule has 1 aromatic rings. The van der Waals surface area contributed by atoms with Crippen LogP contribution in [0.4, 0.5) is 4.39 Å². The van der Waals surface area contributed by atoms with Gasteiger partial charge in [-0.25, -0.2) is 4.39 Å². The van der Waals surface area contributed by atoms with Gasteiger partial charge in [-0.15, -0.1) is 24.0 Å². The smallest absolute Gasteiger partial charge is 0.193 e. The number of unbranched alkanes of at least 4 members (excludes halogenated alkanes) is 1. The molecular weight excluding hydrogens is 396 g/mol. The van der Waals surface area contributed by atoms with Crippen LogP contribution in [-0.2, 0) is 0 Å². The molecule has 0 spiro atoms. The second kappa shape index (κ2) is 12.5. The van der Waals surface area contributed by atoms with E-state index < -0.39 is 0 Å². The van der Waals surface area contributed by atoms with Gasteiger partial charge in [-0.2, -0.15) is 0 Å². The van der Waals surface area contributed by atoms with Crippen LogP contribution in [0.25, 0.3) is 0 Å². The predicted molar refractivity (Wildman–Crippen MR) is 101 cm³/mol. The molecule has 0 fully saturated rings. The zero-order chi connectivity index (χ0) is 15.5. The van der Waals surface area contributed by atoms with Gasteiger partial charge in [0, 0.05) is 27.2 Å². The summed E-state index contributed by atoms with van der Waals surface area (Å²) in [6.07, 6.45) is 3.19. The molecule has 1 N–H and O–H groups in total. The Morgan fingerprint density at radius 1 is 1.27 bits per heavy atom. The summed E-state index contributed by atoms with van der Waals surface area (Å²) in [4.78, 5) is 6.38. The van der Waals surface area contributed by atoms with Crippen LogP contribution in [0.3, 0.4) is 0 Å². The van der Waals surface area contributed by atoms with E-state index in [1.165, 1.54) is 18.6 Å². The second-order valence-corrected chi connectivity index (χ2v) is 4.91. The minimum absolute atomic E-state index is 0. The lowest BCUT2D eigenvalue weighted by Gasteiger charge is -2.21. The van der Waals surface area contributed by atoms with Crippen LogP contribution in [0.1, 0.15) is 26.2 Å². The van der Waals surface area contributed by atoms with E-state index in [0.29, 0.717) is 12.4 Å². The second-order valence-electron chi connectivity index (χ2n) is 4.91. The molecule has 0 bridgehead atoms. The number of ether oxygens (including phenoxy) is 1. The van der Waals surface area contributed by atoms with Crippen LogP contribution in [0.5, 0.6) is 5.75 Å². The van der Waals surface area contributed by atoms with E-state index in [0.717, 1.165) is 31.9 Å². The average molecular weight is 423 g/mol. The van der Waals surface area contributed by atoms with Crippen LogP contribution < -0.4 is 10.1 Å². The maximum absolute atomic E-state index is 12.7. The van der Waals surface area contributed by atoms with Crippen molar-refractivity contribution in [2.45, 2.75) is 26.2 Å². The van der Waals surface area contributed by atoms with Gasteiger partial charge in [0.1, 0.15) is 11.6 Å². The van der Waals surface area contributed by atoms with E-state index in [1.54, 1.807) is 19.2 Å². The van der Waals surface area contributed by atoms with Gasteiger partial charge in [0.25, 0.3) is 0 Å². The maximum atomic E-state index is 12.7. The summed E-state index contributed by atoms with van der Waals surface area (Å²) in [5.41, 5.74) is 0.